The van der Waals surface area contributed by atoms with Crippen molar-refractivity contribution in [1.82, 2.24) is 0 Å². The highest BCUT2D eigenvalue weighted by Crippen LogP contribution is 2.17. The second-order valence-corrected chi connectivity index (χ2v) is 4.43. The van der Waals surface area contributed by atoms with E-state index in [2.05, 4.69) is 44.1 Å². The van der Waals surface area contributed by atoms with Crippen molar-refractivity contribution in [3.63, 3.8) is 0 Å². The Morgan fingerprint density at radius 3 is 2.61 bits per heavy atom. The zero-order valence-corrected chi connectivity index (χ0v) is 11.5. The van der Waals surface area contributed by atoms with Gasteiger partial charge in [0.05, 0.1) is 7.11 Å². The van der Waals surface area contributed by atoms with Gasteiger partial charge in [-0.15, -0.1) is 0 Å². The normalized spacial score (nSPS) is 14.9. The molecule has 0 radical (unpaired) electrons. The first kappa shape index (κ1) is 14.1. The lowest BCUT2D eigenvalue weighted by Crippen LogP contribution is -1.89. The molecule has 0 saturated carbocycles. The summed E-state index contributed by atoms with van der Waals surface area (Å²) in [6.07, 6.45) is 8.19. The number of methoxy groups -OCH3 is 1. The van der Waals surface area contributed by atoms with Crippen molar-refractivity contribution in [2.75, 3.05) is 7.11 Å². The van der Waals surface area contributed by atoms with Crippen LogP contribution in [0.1, 0.15) is 26.7 Å². The Kier molecular flexibility index (Phi) is 5.27. The number of rotatable bonds is 3. The van der Waals surface area contributed by atoms with Gasteiger partial charge in [-0.3, -0.25) is 0 Å². The fraction of sp³-hybridized carbons (Fsp3) is 0.294. The van der Waals surface area contributed by atoms with Gasteiger partial charge in [-0.2, -0.15) is 0 Å². The van der Waals surface area contributed by atoms with E-state index in [4.69, 9.17) is 4.74 Å². The molecule has 1 nitrogen and oxygen atoms in total. The summed E-state index contributed by atoms with van der Waals surface area (Å²) in [6, 6.07) is 0. The van der Waals surface area contributed by atoms with Gasteiger partial charge < -0.3 is 4.74 Å². The first-order valence-corrected chi connectivity index (χ1v) is 6.01. The minimum Gasteiger partial charge on any atom is -0.497 e. The smallest absolute Gasteiger partial charge is 0.112 e. The molecular weight excluding hydrogens is 220 g/mol. The molecule has 0 bridgehead atoms. The SMILES string of the molecule is C=C(/C=C(/C)C(=C)C#CC1=CC=C(C)CC1)OC. The molecular formula is C17H20O. The Morgan fingerprint density at radius 1 is 1.33 bits per heavy atom. The van der Waals surface area contributed by atoms with Crippen molar-refractivity contribution < 1.29 is 4.74 Å². The molecule has 0 amide bonds. The van der Waals surface area contributed by atoms with Crippen molar-refractivity contribution in [2.45, 2.75) is 26.7 Å². The van der Waals surface area contributed by atoms with Crippen LogP contribution >= 0.6 is 0 Å². The fourth-order valence-corrected chi connectivity index (χ4v) is 1.49. The van der Waals surface area contributed by atoms with Crippen molar-refractivity contribution in [1.29, 1.82) is 0 Å². The summed E-state index contributed by atoms with van der Waals surface area (Å²) < 4.78 is 5.00. The van der Waals surface area contributed by atoms with Crippen molar-refractivity contribution in [3.8, 4) is 11.8 Å². The second kappa shape index (κ2) is 6.71. The molecule has 0 atom stereocenters. The monoisotopic (exact) mass is 240 g/mol. The summed E-state index contributed by atoms with van der Waals surface area (Å²) in [6.45, 7) is 11.8. The van der Waals surface area contributed by atoms with Gasteiger partial charge in [0.25, 0.3) is 0 Å². The van der Waals surface area contributed by atoms with E-state index in [0.717, 1.165) is 24.0 Å². The van der Waals surface area contributed by atoms with Crippen molar-refractivity contribution in [3.05, 3.63) is 59.4 Å². The van der Waals surface area contributed by atoms with E-state index >= 15 is 0 Å². The number of ether oxygens (including phenoxy) is 1. The molecule has 0 heterocycles. The maximum absolute atomic E-state index is 5.00. The quantitative estimate of drug-likeness (QED) is 0.405. The highest BCUT2D eigenvalue weighted by atomic mass is 16.5. The lowest BCUT2D eigenvalue weighted by Gasteiger charge is -2.06. The van der Waals surface area contributed by atoms with Crippen LogP contribution in [0.4, 0.5) is 0 Å². The second-order valence-electron chi connectivity index (χ2n) is 4.43. The van der Waals surface area contributed by atoms with Gasteiger partial charge in [-0.05, 0) is 38.3 Å². The van der Waals surface area contributed by atoms with Gasteiger partial charge in [-0.25, -0.2) is 0 Å². The van der Waals surface area contributed by atoms with Crippen LogP contribution in [-0.2, 0) is 4.74 Å². The fourth-order valence-electron chi connectivity index (χ4n) is 1.49. The van der Waals surface area contributed by atoms with Crippen LogP contribution in [0, 0.1) is 11.8 Å². The Hall–Kier alpha value is -1.94. The maximum atomic E-state index is 5.00. The molecule has 0 aliphatic heterocycles. The zero-order chi connectivity index (χ0) is 13.5. The number of hydrogen-bond donors (Lipinski definition) is 0. The van der Waals surface area contributed by atoms with E-state index in [9.17, 15) is 0 Å². The predicted molar refractivity (Wildman–Crippen MR) is 77.9 cm³/mol. The molecule has 0 aromatic rings. The molecule has 1 aliphatic carbocycles. The van der Waals surface area contributed by atoms with Gasteiger partial charge in [0, 0.05) is 11.1 Å². The molecule has 0 N–H and O–H groups in total. The Labute approximate surface area is 110 Å². The first-order chi connectivity index (χ1) is 8.52. The minimum atomic E-state index is 0.617. The van der Waals surface area contributed by atoms with Gasteiger partial charge in [0.15, 0.2) is 0 Å². The Balaban J connectivity index is 2.72. The molecule has 1 rings (SSSR count). The Bertz CT molecular complexity index is 501. The average molecular weight is 240 g/mol. The molecule has 0 fully saturated rings. The third-order valence-electron chi connectivity index (χ3n) is 2.85. The molecule has 0 unspecified atom stereocenters. The van der Waals surface area contributed by atoms with Crippen LogP contribution in [0.15, 0.2) is 59.4 Å². The minimum absolute atomic E-state index is 0.617. The summed E-state index contributed by atoms with van der Waals surface area (Å²) in [5, 5.41) is 0. The van der Waals surface area contributed by atoms with Gasteiger partial charge in [-0.1, -0.05) is 42.7 Å². The van der Waals surface area contributed by atoms with Crippen molar-refractivity contribution >= 4 is 0 Å². The summed E-state index contributed by atoms with van der Waals surface area (Å²) >= 11 is 0. The number of hydrogen-bond acceptors (Lipinski definition) is 1. The van der Waals surface area contributed by atoms with E-state index in [1.165, 1.54) is 11.1 Å². The van der Waals surface area contributed by atoms with Gasteiger partial charge in [0.2, 0.25) is 0 Å². The third kappa shape index (κ3) is 4.51. The first-order valence-electron chi connectivity index (χ1n) is 6.01. The lowest BCUT2D eigenvalue weighted by atomic mass is 9.99. The molecule has 0 aromatic carbocycles. The molecule has 0 aromatic heterocycles. The van der Waals surface area contributed by atoms with Crippen LogP contribution in [0.5, 0.6) is 0 Å². The molecule has 0 saturated heterocycles. The van der Waals surface area contributed by atoms with E-state index in [1.807, 2.05) is 13.0 Å². The summed E-state index contributed by atoms with van der Waals surface area (Å²) in [5.41, 5.74) is 4.37. The molecule has 1 heteroatoms. The van der Waals surface area contributed by atoms with Crippen LogP contribution in [0.25, 0.3) is 0 Å². The van der Waals surface area contributed by atoms with E-state index < -0.39 is 0 Å². The summed E-state index contributed by atoms with van der Waals surface area (Å²) in [7, 11) is 1.60. The molecule has 1 aliphatic rings. The van der Waals surface area contributed by atoms with Crippen LogP contribution in [0.3, 0.4) is 0 Å². The van der Waals surface area contributed by atoms with E-state index in [-0.39, 0.29) is 0 Å². The predicted octanol–water partition coefficient (Wildman–Crippen LogP) is 4.32. The highest BCUT2D eigenvalue weighted by Gasteiger charge is 2.00. The largest absolute Gasteiger partial charge is 0.497 e. The van der Waals surface area contributed by atoms with Crippen LogP contribution in [-0.4, -0.2) is 7.11 Å². The van der Waals surface area contributed by atoms with Crippen LogP contribution in [0.2, 0.25) is 0 Å². The molecule has 18 heavy (non-hydrogen) atoms. The van der Waals surface area contributed by atoms with Gasteiger partial charge >= 0.3 is 0 Å². The molecule has 0 spiro atoms. The third-order valence-corrected chi connectivity index (χ3v) is 2.85. The van der Waals surface area contributed by atoms with Gasteiger partial charge in [0.1, 0.15) is 5.76 Å². The summed E-state index contributed by atoms with van der Waals surface area (Å²) in [5.74, 6) is 6.88. The topological polar surface area (TPSA) is 9.23 Å². The van der Waals surface area contributed by atoms with E-state index in [0.29, 0.717) is 5.76 Å². The Morgan fingerprint density at radius 2 is 2.06 bits per heavy atom. The van der Waals surface area contributed by atoms with E-state index in [1.54, 1.807) is 7.11 Å². The molecule has 94 valence electrons. The highest BCUT2D eigenvalue weighted by molar-refractivity contribution is 5.48. The van der Waals surface area contributed by atoms with Crippen molar-refractivity contribution in [2.24, 2.45) is 0 Å². The lowest BCUT2D eigenvalue weighted by molar-refractivity contribution is 0.308. The van der Waals surface area contributed by atoms with Crippen LogP contribution < -0.4 is 0 Å². The number of allylic oxidation sites excluding steroid dienone is 7. The maximum Gasteiger partial charge on any atom is 0.112 e. The summed E-state index contributed by atoms with van der Waals surface area (Å²) in [4.78, 5) is 0. The zero-order valence-electron chi connectivity index (χ0n) is 11.5. The standard InChI is InChI=1S/C17H20O/c1-13-6-9-17(10-7-13)11-8-14(2)15(3)12-16(4)18-5/h6,9,12H,2,4,7,10H2,1,3,5H3/b15-12-. The average Bonchev–Trinajstić information content (AvgIpc) is 2.37.